The first-order valence-corrected chi connectivity index (χ1v) is 12.0. The van der Waals surface area contributed by atoms with E-state index in [0.29, 0.717) is 12.2 Å². The van der Waals surface area contributed by atoms with E-state index in [4.69, 9.17) is 0 Å². The smallest absolute Gasteiger partial charge is 0.271 e. The van der Waals surface area contributed by atoms with Gasteiger partial charge in [0.2, 0.25) is 5.91 Å². The van der Waals surface area contributed by atoms with Crippen molar-refractivity contribution in [3.8, 4) is 0 Å². The molecule has 1 fully saturated rings. The maximum Gasteiger partial charge on any atom is 0.271 e. The molecule has 2 aliphatic rings. The highest BCUT2D eigenvalue weighted by molar-refractivity contribution is 7.17. The molecule has 0 spiro atoms. The monoisotopic (exact) mass is 415 g/mol. The number of carbonyl (C=O) groups is 2. The van der Waals surface area contributed by atoms with Crippen LogP contribution in [-0.2, 0) is 11.3 Å². The van der Waals surface area contributed by atoms with E-state index in [1.54, 1.807) is 11.3 Å². The van der Waals surface area contributed by atoms with E-state index in [2.05, 4.69) is 35.2 Å². The molecule has 2 amide bonds. The van der Waals surface area contributed by atoms with Crippen LogP contribution in [0.25, 0.3) is 10.2 Å². The quantitative estimate of drug-likeness (QED) is 0.768. The Morgan fingerprint density at radius 1 is 1.28 bits per heavy atom. The Hall–Kier alpha value is -1.82. The van der Waals surface area contributed by atoms with E-state index in [9.17, 15) is 9.59 Å². The molecule has 0 saturated heterocycles. The van der Waals surface area contributed by atoms with Gasteiger partial charge in [0.15, 0.2) is 0 Å². The van der Waals surface area contributed by atoms with Crippen LogP contribution >= 0.6 is 11.3 Å². The molecule has 29 heavy (non-hydrogen) atoms. The summed E-state index contributed by atoms with van der Waals surface area (Å²) in [5.41, 5.74) is 0.894. The topological polar surface area (TPSA) is 54.3 Å². The predicted molar refractivity (Wildman–Crippen MR) is 118 cm³/mol. The zero-order valence-electron chi connectivity index (χ0n) is 17.9. The number of nitrogens with one attached hydrogen (secondary N) is 1. The number of thiophene rings is 1. The average molecular weight is 416 g/mol. The summed E-state index contributed by atoms with van der Waals surface area (Å²) in [6, 6.07) is 4.28. The fourth-order valence-corrected chi connectivity index (χ4v) is 5.87. The Morgan fingerprint density at radius 2 is 1.97 bits per heavy atom. The van der Waals surface area contributed by atoms with Gasteiger partial charge in [-0.05, 0) is 50.6 Å². The van der Waals surface area contributed by atoms with Gasteiger partial charge in [0.1, 0.15) is 11.2 Å². The number of hydrogen-bond donors (Lipinski definition) is 1. The number of hydrogen-bond acceptors (Lipinski definition) is 3. The van der Waals surface area contributed by atoms with Crippen LogP contribution < -0.4 is 5.32 Å². The van der Waals surface area contributed by atoms with Crippen molar-refractivity contribution >= 4 is 33.4 Å². The van der Waals surface area contributed by atoms with Gasteiger partial charge in [-0.1, -0.05) is 39.0 Å². The summed E-state index contributed by atoms with van der Waals surface area (Å²) in [5, 5.41) is 5.40. The number of rotatable bonds is 4. The Kier molecular flexibility index (Phi) is 5.74. The van der Waals surface area contributed by atoms with Crippen molar-refractivity contribution < 1.29 is 9.59 Å². The molecule has 1 aliphatic carbocycles. The molecule has 6 heteroatoms. The maximum atomic E-state index is 13.7. The number of fused-ring (bicyclic) bond motifs is 3. The van der Waals surface area contributed by atoms with Crippen molar-refractivity contribution in [1.82, 2.24) is 14.8 Å². The summed E-state index contributed by atoms with van der Waals surface area (Å²) in [6.45, 7) is 6.60. The molecular formula is C23H33N3O2S. The first kappa shape index (κ1) is 20.5. The third kappa shape index (κ3) is 3.60. The minimum absolute atomic E-state index is 0.000506. The second kappa shape index (κ2) is 8.13. The van der Waals surface area contributed by atoms with Crippen molar-refractivity contribution in [2.75, 3.05) is 0 Å². The van der Waals surface area contributed by atoms with Crippen LogP contribution in [0.1, 0.15) is 82.6 Å². The van der Waals surface area contributed by atoms with Crippen LogP contribution in [0.4, 0.5) is 0 Å². The number of nitrogens with zero attached hydrogens (tertiary/aromatic N) is 2. The lowest BCUT2D eigenvalue weighted by molar-refractivity contribution is -0.135. The SMILES string of the molecule is CCC(C)N1C(=O)c2cc3sccc3n2CC1(C)C(=O)NC1CCCCCCC1. The predicted octanol–water partition coefficient (Wildman–Crippen LogP) is 4.94. The zero-order chi connectivity index (χ0) is 20.6. The highest BCUT2D eigenvalue weighted by Crippen LogP contribution is 2.36. The Morgan fingerprint density at radius 3 is 2.66 bits per heavy atom. The molecular weight excluding hydrogens is 382 g/mol. The lowest BCUT2D eigenvalue weighted by atomic mass is 9.90. The van der Waals surface area contributed by atoms with Crippen LogP contribution in [0.2, 0.25) is 0 Å². The highest BCUT2D eigenvalue weighted by atomic mass is 32.1. The molecule has 1 saturated carbocycles. The largest absolute Gasteiger partial charge is 0.351 e. The molecule has 0 bridgehead atoms. The van der Waals surface area contributed by atoms with Crippen LogP contribution in [0.5, 0.6) is 0 Å². The summed E-state index contributed by atoms with van der Waals surface area (Å²) in [4.78, 5) is 29.0. The molecule has 1 aliphatic heterocycles. The number of amides is 2. The lowest BCUT2D eigenvalue weighted by Crippen LogP contribution is -2.66. The Bertz CT molecular complexity index is 893. The molecule has 5 nitrogen and oxygen atoms in total. The van der Waals surface area contributed by atoms with Gasteiger partial charge in [-0.25, -0.2) is 0 Å². The lowest BCUT2D eigenvalue weighted by Gasteiger charge is -2.47. The fraction of sp³-hybridized carbons (Fsp3) is 0.652. The van der Waals surface area contributed by atoms with Crippen LogP contribution in [0.15, 0.2) is 17.5 Å². The second-order valence-corrected chi connectivity index (χ2v) is 9.96. The minimum Gasteiger partial charge on any atom is -0.351 e. The van der Waals surface area contributed by atoms with Gasteiger partial charge in [0, 0.05) is 12.1 Å². The molecule has 3 heterocycles. The van der Waals surface area contributed by atoms with E-state index < -0.39 is 5.54 Å². The molecule has 2 atom stereocenters. The molecule has 4 rings (SSSR count). The third-order valence-electron chi connectivity index (χ3n) is 6.92. The third-order valence-corrected chi connectivity index (χ3v) is 7.77. The van der Waals surface area contributed by atoms with Gasteiger partial charge < -0.3 is 14.8 Å². The number of carbonyl (C=O) groups excluding carboxylic acids is 2. The van der Waals surface area contributed by atoms with Crippen LogP contribution in [0, 0.1) is 0 Å². The molecule has 2 aromatic heterocycles. The van der Waals surface area contributed by atoms with Gasteiger partial charge >= 0.3 is 0 Å². The van der Waals surface area contributed by atoms with E-state index in [1.807, 2.05) is 17.9 Å². The summed E-state index contributed by atoms with van der Waals surface area (Å²) in [6.07, 6.45) is 9.08. The maximum absolute atomic E-state index is 13.7. The summed E-state index contributed by atoms with van der Waals surface area (Å²) >= 11 is 1.65. The van der Waals surface area contributed by atoms with Gasteiger partial charge in [-0.3, -0.25) is 9.59 Å². The van der Waals surface area contributed by atoms with Crippen molar-refractivity contribution in [3.05, 3.63) is 23.2 Å². The normalized spacial score (nSPS) is 24.8. The minimum atomic E-state index is -0.879. The van der Waals surface area contributed by atoms with Gasteiger partial charge in [-0.2, -0.15) is 0 Å². The second-order valence-electron chi connectivity index (χ2n) is 9.01. The molecule has 158 valence electrons. The van der Waals surface area contributed by atoms with Crippen molar-refractivity contribution in [2.24, 2.45) is 0 Å². The standard InChI is InChI=1S/C23H33N3O2S/c1-4-16(2)26-21(27)19-14-20-18(12-13-29-20)25(19)15-23(26,3)22(28)24-17-10-8-6-5-7-9-11-17/h12-14,16-17H,4-11,15H2,1-3H3,(H,24,28). The summed E-state index contributed by atoms with van der Waals surface area (Å²) in [5.74, 6) is -0.0243. The van der Waals surface area contributed by atoms with Crippen molar-refractivity contribution in [2.45, 2.75) is 96.3 Å². The van der Waals surface area contributed by atoms with E-state index >= 15 is 0 Å². The van der Waals surface area contributed by atoms with Crippen molar-refractivity contribution in [1.29, 1.82) is 0 Å². The first-order chi connectivity index (χ1) is 14.0. The first-order valence-electron chi connectivity index (χ1n) is 11.2. The molecule has 2 unspecified atom stereocenters. The summed E-state index contributed by atoms with van der Waals surface area (Å²) < 4.78 is 3.17. The highest BCUT2D eigenvalue weighted by Gasteiger charge is 2.49. The number of aromatic nitrogens is 1. The molecule has 2 aromatic rings. The van der Waals surface area contributed by atoms with Crippen LogP contribution in [0.3, 0.4) is 0 Å². The van der Waals surface area contributed by atoms with E-state index in [1.165, 1.54) is 32.1 Å². The van der Waals surface area contributed by atoms with E-state index in [0.717, 1.165) is 29.5 Å². The molecule has 0 radical (unpaired) electrons. The van der Waals surface area contributed by atoms with Crippen LogP contribution in [-0.4, -0.2) is 38.9 Å². The van der Waals surface area contributed by atoms with E-state index in [-0.39, 0.29) is 23.9 Å². The van der Waals surface area contributed by atoms with Gasteiger partial charge in [0.05, 0.1) is 16.8 Å². The zero-order valence-corrected chi connectivity index (χ0v) is 18.7. The fourth-order valence-electron chi connectivity index (χ4n) is 5.05. The van der Waals surface area contributed by atoms with Gasteiger partial charge in [-0.15, -0.1) is 11.3 Å². The average Bonchev–Trinajstić information content (AvgIpc) is 3.26. The Balaban J connectivity index is 1.67. The Labute approximate surface area is 177 Å². The van der Waals surface area contributed by atoms with Gasteiger partial charge in [0.25, 0.3) is 5.91 Å². The molecule has 1 N–H and O–H groups in total. The molecule has 0 aromatic carbocycles. The summed E-state index contributed by atoms with van der Waals surface area (Å²) in [7, 11) is 0. The van der Waals surface area contributed by atoms with Crippen molar-refractivity contribution in [3.63, 3.8) is 0 Å².